The SMILES string of the molecule is O=C(NC[C@H]1CCCN2CCCC[C@H]12)c1ccc(NC(=O)c2ccsc2)cc1. The summed E-state index contributed by atoms with van der Waals surface area (Å²) in [5, 5.41) is 9.68. The van der Waals surface area contributed by atoms with Gasteiger partial charge in [0.15, 0.2) is 0 Å². The van der Waals surface area contributed by atoms with Gasteiger partial charge in [-0.1, -0.05) is 6.42 Å². The molecule has 6 heteroatoms. The Morgan fingerprint density at radius 3 is 2.57 bits per heavy atom. The second kappa shape index (κ2) is 8.88. The van der Waals surface area contributed by atoms with Gasteiger partial charge in [-0.15, -0.1) is 0 Å². The lowest BCUT2D eigenvalue weighted by atomic mass is 9.83. The highest BCUT2D eigenvalue weighted by molar-refractivity contribution is 7.08. The molecule has 3 heterocycles. The van der Waals surface area contributed by atoms with E-state index in [9.17, 15) is 9.59 Å². The fourth-order valence-corrected chi connectivity index (χ4v) is 5.08. The molecular weight excluding hydrogens is 370 g/mol. The lowest BCUT2D eigenvalue weighted by Crippen LogP contribution is -2.51. The highest BCUT2D eigenvalue weighted by Gasteiger charge is 2.32. The van der Waals surface area contributed by atoms with Crippen molar-refractivity contribution in [2.75, 3.05) is 25.0 Å². The maximum Gasteiger partial charge on any atom is 0.256 e. The van der Waals surface area contributed by atoms with Gasteiger partial charge in [0, 0.05) is 29.2 Å². The van der Waals surface area contributed by atoms with Gasteiger partial charge in [-0.05, 0) is 80.4 Å². The van der Waals surface area contributed by atoms with E-state index in [4.69, 9.17) is 0 Å². The maximum absolute atomic E-state index is 12.6. The monoisotopic (exact) mass is 397 g/mol. The minimum Gasteiger partial charge on any atom is -0.352 e. The van der Waals surface area contributed by atoms with Crippen LogP contribution in [0.2, 0.25) is 0 Å². The molecule has 1 aromatic heterocycles. The molecule has 0 radical (unpaired) electrons. The Morgan fingerprint density at radius 1 is 0.964 bits per heavy atom. The van der Waals surface area contributed by atoms with E-state index < -0.39 is 0 Å². The molecule has 0 saturated carbocycles. The summed E-state index contributed by atoms with van der Waals surface area (Å²) in [6.07, 6.45) is 6.32. The molecule has 2 atom stereocenters. The Bertz CT molecular complexity index is 802. The number of thiophene rings is 1. The lowest BCUT2D eigenvalue weighted by molar-refractivity contribution is 0.0575. The Kier molecular flexibility index (Phi) is 6.07. The summed E-state index contributed by atoms with van der Waals surface area (Å²) in [6.45, 7) is 3.18. The second-order valence-electron chi connectivity index (χ2n) is 7.75. The zero-order valence-corrected chi connectivity index (χ0v) is 16.8. The van der Waals surface area contributed by atoms with Gasteiger partial charge in [-0.3, -0.25) is 9.59 Å². The van der Waals surface area contributed by atoms with E-state index in [1.54, 1.807) is 30.3 Å². The van der Waals surface area contributed by atoms with Crippen molar-refractivity contribution in [3.8, 4) is 0 Å². The van der Waals surface area contributed by atoms with Crippen molar-refractivity contribution in [2.45, 2.75) is 38.1 Å². The first-order chi connectivity index (χ1) is 13.7. The topological polar surface area (TPSA) is 61.4 Å². The molecule has 2 amide bonds. The average molecular weight is 398 g/mol. The van der Waals surface area contributed by atoms with E-state index in [2.05, 4.69) is 15.5 Å². The number of rotatable bonds is 5. The molecule has 0 aliphatic carbocycles. The van der Waals surface area contributed by atoms with Crippen LogP contribution in [0.25, 0.3) is 0 Å². The van der Waals surface area contributed by atoms with Crippen molar-refractivity contribution < 1.29 is 9.59 Å². The van der Waals surface area contributed by atoms with Gasteiger partial charge < -0.3 is 15.5 Å². The minimum atomic E-state index is -0.132. The van der Waals surface area contributed by atoms with Crippen LogP contribution in [0.3, 0.4) is 0 Å². The Labute approximate surface area is 170 Å². The number of nitrogens with one attached hydrogen (secondary N) is 2. The van der Waals surface area contributed by atoms with Crippen molar-refractivity contribution in [1.29, 1.82) is 0 Å². The summed E-state index contributed by atoms with van der Waals surface area (Å²) in [6, 6.07) is 9.53. The zero-order chi connectivity index (χ0) is 19.3. The average Bonchev–Trinajstić information content (AvgIpc) is 3.27. The van der Waals surface area contributed by atoms with E-state index in [0.717, 1.165) is 6.54 Å². The van der Waals surface area contributed by atoms with Crippen LogP contribution in [0.4, 0.5) is 5.69 Å². The van der Waals surface area contributed by atoms with Gasteiger partial charge >= 0.3 is 0 Å². The molecule has 2 aliphatic heterocycles. The van der Waals surface area contributed by atoms with Gasteiger partial charge in [0.2, 0.25) is 0 Å². The summed E-state index contributed by atoms with van der Waals surface area (Å²) < 4.78 is 0. The van der Waals surface area contributed by atoms with Crippen molar-refractivity contribution in [3.63, 3.8) is 0 Å². The number of anilines is 1. The molecule has 1 aromatic carbocycles. The van der Waals surface area contributed by atoms with Crippen molar-refractivity contribution in [2.24, 2.45) is 5.92 Å². The number of carbonyl (C=O) groups excluding carboxylic acids is 2. The van der Waals surface area contributed by atoms with Crippen LogP contribution in [-0.4, -0.2) is 42.4 Å². The molecule has 2 aliphatic rings. The molecule has 2 aromatic rings. The van der Waals surface area contributed by atoms with Gasteiger partial charge in [-0.2, -0.15) is 11.3 Å². The van der Waals surface area contributed by atoms with Crippen molar-refractivity contribution in [1.82, 2.24) is 10.2 Å². The maximum atomic E-state index is 12.6. The highest BCUT2D eigenvalue weighted by Crippen LogP contribution is 2.30. The molecule has 2 N–H and O–H groups in total. The van der Waals surface area contributed by atoms with E-state index in [1.807, 2.05) is 10.8 Å². The number of piperidine rings is 2. The largest absolute Gasteiger partial charge is 0.352 e. The Balaban J connectivity index is 1.30. The van der Waals surface area contributed by atoms with Crippen LogP contribution in [0.1, 0.15) is 52.8 Å². The molecule has 28 heavy (non-hydrogen) atoms. The van der Waals surface area contributed by atoms with E-state index in [0.29, 0.717) is 28.8 Å². The summed E-state index contributed by atoms with van der Waals surface area (Å²) in [5.41, 5.74) is 1.97. The predicted molar refractivity (Wildman–Crippen MR) is 113 cm³/mol. The van der Waals surface area contributed by atoms with Crippen LogP contribution in [0.5, 0.6) is 0 Å². The third-order valence-electron chi connectivity index (χ3n) is 5.94. The minimum absolute atomic E-state index is 0.0383. The fraction of sp³-hybridized carbons (Fsp3) is 0.455. The van der Waals surface area contributed by atoms with Crippen molar-refractivity contribution >= 4 is 28.8 Å². The molecule has 0 unspecified atom stereocenters. The van der Waals surface area contributed by atoms with Crippen LogP contribution in [0.15, 0.2) is 41.1 Å². The molecular formula is C22H27N3O2S. The highest BCUT2D eigenvalue weighted by atomic mass is 32.1. The zero-order valence-electron chi connectivity index (χ0n) is 16.0. The summed E-state index contributed by atoms with van der Waals surface area (Å²) >= 11 is 1.49. The summed E-state index contributed by atoms with van der Waals surface area (Å²) in [5.74, 6) is 0.388. The predicted octanol–water partition coefficient (Wildman–Crippen LogP) is 3.99. The molecule has 0 bridgehead atoms. The molecule has 0 spiro atoms. The standard InChI is InChI=1S/C22H27N3O2S/c26-21(23-14-17-4-3-12-25-11-2-1-5-20(17)25)16-6-8-19(9-7-16)24-22(27)18-10-13-28-15-18/h6-10,13,15,17,20H,1-5,11-12,14H2,(H,23,26)(H,24,27)/t17-,20-/m1/s1. The molecule has 2 saturated heterocycles. The first kappa shape index (κ1) is 19.2. The molecule has 148 valence electrons. The fourth-order valence-electron chi connectivity index (χ4n) is 4.44. The number of nitrogens with zero attached hydrogens (tertiary/aromatic N) is 1. The van der Waals surface area contributed by atoms with Crippen LogP contribution in [0, 0.1) is 5.92 Å². The van der Waals surface area contributed by atoms with Crippen molar-refractivity contribution in [3.05, 3.63) is 52.2 Å². The van der Waals surface area contributed by atoms with E-state index in [-0.39, 0.29) is 11.8 Å². The molecule has 2 fully saturated rings. The number of hydrogen-bond donors (Lipinski definition) is 2. The van der Waals surface area contributed by atoms with Crippen LogP contribution < -0.4 is 10.6 Å². The first-order valence-corrected chi connectivity index (χ1v) is 11.1. The normalized spacial score (nSPS) is 22.3. The molecule has 4 rings (SSSR count). The van der Waals surface area contributed by atoms with E-state index in [1.165, 1.54) is 56.5 Å². The Morgan fingerprint density at radius 2 is 1.79 bits per heavy atom. The Hall–Kier alpha value is -2.18. The number of benzene rings is 1. The number of amides is 2. The van der Waals surface area contributed by atoms with Crippen LogP contribution in [-0.2, 0) is 0 Å². The summed E-state index contributed by atoms with van der Waals surface area (Å²) in [4.78, 5) is 27.3. The van der Waals surface area contributed by atoms with Crippen LogP contribution >= 0.6 is 11.3 Å². The second-order valence-corrected chi connectivity index (χ2v) is 8.53. The van der Waals surface area contributed by atoms with Gasteiger partial charge in [-0.25, -0.2) is 0 Å². The summed E-state index contributed by atoms with van der Waals surface area (Å²) in [7, 11) is 0. The number of carbonyl (C=O) groups is 2. The molecule has 5 nitrogen and oxygen atoms in total. The van der Waals surface area contributed by atoms with E-state index >= 15 is 0 Å². The third kappa shape index (κ3) is 4.45. The van der Waals surface area contributed by atoms with Gasteiger partial charge in [0.25, 0.3) is 11.8 Å². The number of hydrogen-bond acceptors (Lipinski definition) is 4. The van der Waals surface area contributed by atoms with Gasteiger partial charge in [0.1, 0.15) is 0 Å². The third-order valence-corrected chi connectivity index (χ3v) is 6.62. The van der Waals surface area contributed by atoms with Gasteiger partial charge in [0.05, 0.1) is 5.56 Å². The number of fused-ring (bicyclic) bond motifs is 1. The smallest absolute Gasteiger partial charge is 0.256 e. The first-order valence-electron chi connectivity index (χ1n) is 10.2. The quantitative estimate of drug-likeness (QED) is 0.802. The lowest BCUT2D eigenvalue weighted by Gasteiger charge is -2.44.